The van der Waals surface area contributed by atoms with Gasteiger partial charge in [-0.25, -0.2) is 0 Å². The Balaban J connectivity index is 1.46. The second-order valence-electron chi connectivity index (χ2n) is 8.07. The van der Waals surface area contributed by atoms with Gasteiger partial charge in [0.25, 0.3) is 5.91 Å². The molecule has 0 aliphatic carbocycles. The third-order valence-corrected chi connectivity index (χ3v) is 5.75. The van der Waals surface area contributed by atoms with Gasteiger partial charge in [-0.3, -0.25) is 14.8 Å². The molecule has 1 aromatic carbocycles. The van der Waals surface area contributed by atoms with Crippen LogP contribution in [-0.4, -0.2) is 58.9 Å². The maximum Gasteiger partial charge on any atom is 0.255 e. The molecular formula is C21H28N4O2. The van der Waals surface area contributed by atoms with E-state index >= 15 is 0 Å². The number of aryl methyl sites for hydroxylation is 1. The highest BCUT2D eigenvalue weighted by Crippen LogP contribution is 2.27. The van der Waals surface area contributed by atoms with Gasteiger partial charge in [0, 0.05) is 36.4 Å². The zero-order chi connectivity index (χ0) is 19.0. The highest BCUT2D eigenvalue weighted by Gasteiger charge is 2.39. The van der Waals surface area contributed by atoms with E-state index in [-0.39, 0.29) is 18.1 Å². The van der Waals surface area contributed by atoms with Gasteiger partial charge < -0.3 is 10.1 Å². The Bertz CT molecular complexity index is 802. The van der Waals surface area contributed by atoms with Crippen molar-refractivity contribution in [1.82, 2.24) is 20.4 Å². The van der Waals surface area contributed by atoms with E-state index in [0.717, 1.165) is 37.4 Å². The minimum Gasteiger partial charge on any atom is -0.375 e. The van der Waals surface area contributed by atoms with E-state index in [9.17, 15) is 4.79 Å². The number of morpholine rings is 1. The molecule has 0 saturated carbocycles. The number of aromatic amines is 1. The van der Waals surface area contributed by atoms with Gasteiger partial charge in [0.05, 0.1) is 18.3 Å². The van der Waals surface area contributed by atoms with Crippen molar-refractivity contribution < 1.29 is 9.53 Å². The van der Waals surface area contributed by atoms with E-state index in [0.29, 0.717) is 23.2 Å². The van der Waals surface area contributed by atoms with Crippen LogP contribution >= 0.6 is 0 Å². The van der Waals surface area contributed by atoms with Crippen LogP contribution in [0.3, 0.4) is 0 Å². The van der Waals surface area contributed by atoms with Crippen LogP contribution in [0.4, 0.5) is 0 Å². The van der Waals surface area contributed by atoms with Crippen molar-refractivity contribution in [2.75, 3.05) is 19.7 Å². The largest absolute Gasteiger partial charge is 0.375 e. The molecule has 0 unspecified atom stereocenters. The lowest BCUT2D eigenvalue weighted by molar-refractivity contribution is -0.0683. The number of nitrogens with one attached hydrogen (secondary N) is 2. The summed E-state index contributed by atoms with van der Waals surface area (Å²) in [5.74, 6) is 0.466. The molecule has 2 saturated heterocycles. The van der Waals surface area contributed by atoms with Gasteiger partial charge in [0.2, 0.25) is 0 Å². The Hall–Kier alpha value is -2.18. The molecule has 4 rings (SSSR count). The second-order valence-corrected chi connectivity index (χ2v) is 8.07. The third-order valence-electron chi connectivity index (χ3n) is 5.75. The smallest absolute Gasteiger partial charge is 0.255 e. The molecule has 1 amide bonds. The van der Waals surface area contributed by atoms with Gasteiger partial charge in [-0.15, -0.1) is 0 Å². The number of benzene rings is 1. The minimum absolute atomic E-state index is 0.0497. The van der Waals surface area contributed by atoms with Crippen molar-refractivity contribution in [3.8, 4) is 11.3 Å². The summed E-state index contributed by atoms with van der Waals surface area (Å²) in [7, 11) is 0. The summed E-state index contributed by atoms with van der Waals surface area (Å²) in [6.07, 6.45) is 1.23. The molecule has 2 aliphatic rings. The minimum atomic E-state index is -0.0497. The number of rotatable bonds is 4. The molecule has 2 N–H and O–H groups in total. The number of carbonyl (C=O) groups excluding carboxylic acids is 1. The van der Waals surface area contributed by atoms with E-state index < -0.39 is 0 Å². The topological polar surface area (TPSA) is 70.2 Å². The number of aromatic nitrogens is 2. The van der Waals surface area contributed by atoms with Gasteiger partial charge in [-0.05, 0) is 19.3 Å². The number of ether oxygens (including phenoxy) is 1. The third kappa shape index (κ3) is 3.64. The molecule has 0 bridgehead atoms. The fraction of sp³-hybridized carbons (Fsp3) is 0.524. The molecule has 144 valence electrons. The molecule has 3 heterocycles. The fourth-order valence-electron chi connectivity index (χ4n) is 4.18. The monoisotopic (exact) mass is 368 g/mol. The molecule has 2 aliphatic heterocycles. The number of fused-ring (bicyclic) bond motifs is 1. The van der Waals surface area contributed by atoms with Gasteiger partial charge in [0.15, 0.2) is 0 Å². The SMILES string of the molecule is Cc1[nH]nc(-c2ccccc2)c1C(=O)N[C@@H]1C[C@H]2CO[C@@H](C(C)C)CN2C1. The summed E-state index contributed by atoms with van der Waals surface area (Å²) in [5.41, 5.74) is 3.10. The lowest BCUT2D eigenvalue weighted by Gasteiger charge is -2.36. The van der Waals surface area contributed by atoms with E-state index in [1.165, 1.54) is 0 Å². The molecule has 27 heavy (non-hydrogen) atoms. The van der Waals surface area contributed by atoms with Crippen LogP contribution in [0.15, 0.2) is 30.3 Å². The Labute approximate surface area is 160 Å². The van der Waals surface area contributed by atoms with E-state index in [2.05, 4.69) is 34.3 Å². The number of nitrogens with zero attached hydrogens (tertiary/aromatic N) is 2. The Morgan fingerprint density at radius 1 is 1.30 bits per heavy atom. The molecule has 6 heteroatoms. The van der Waals surface area contributed by atoms with E-state index in [1.807, 2.05) is 37.3 Å². The van der Waals surface area contributed by atoms with Crippen molar-refractivity contribution in [3.05, 3.63) is 41.6 Å². The first-order valence-electron chi connectivity index (χ1n) is 9.80. The summed E-state index contributed by atoms with van der Waals surface area (Å²) < 4.78 is 6.01. The first-order chi connectivity index (χ1) is 13.0. The normalized spacial score (nSPS) is 25.6. The number of carbonyl (C=O) groups is 1. The first kappa shape index (κ1) is 18.2. The van der Waals surface area contributed by atoms with E-state index in [1.54, 1.807) is 0 Å². The number of H-pyrrole nitrogens is 1. The van der Waals surface area contributed by atoms with Crippen molar-refractivity contribution >= 4 is 5.91 Å². The average Bonchev–Trinajstić information content (AvgIpc) is 3.24. The highest BCUT2D eigenvalue weighted by atomic mass is 16.5. The Morgan fingerprint density at radius 2 is 2.07 bits per heavy atom. The maximum atomic E-state index is 13.0. The summed E-state index contributed by atoms with van der Waals surface area (Å²) in [4.78, 5) is 15.5. The Morgan fingerprint density at radius 3 is 2.81 bits per heavy atom. The lowest BCUT2D eigenvalue weighted by Crippen LogP contribution is -2.48. The van der Waals surface area contributed by atoms with Crippen LogP contribution < -0.4 is 5.32 Å². The van der Waals surface area contributed by atoms with Crippen molar-refractivity contribution in [2.45, 2.75) is 45.4 Å². The standard InChI is InChI=1S/C21H28N4O2/c1-13(2)18-11-25-10-16(9-17(25)12-27-18)22-21(26)19-14(3)23-24-20(19)15-7-5-4-6-8-15/h4-8,13,16-18H,9-12H2,1-3H3,(H,22,26)(H,23,24)/t16-,17+,18-/m1/s1. The summed E-state index contributed by atoms with van der Waals surface area (Å²) in [6, 6.07) is 10.4. The van der Waals surface area contributed by atoms with Gasteiger partial charge in [-0.1, -0.05) is 44.2 Å². The van der Waals surface area contributed by atoms with Crippen LogP contribution in [0.1, 0.15) is 36.3 Å². The number of hydrogen-bond acceptors (Lipinski definition) is 4. The molecule has 6 nitrogen and oxygen atoms in total. The molecule has 1 aromatic heterocycles. The van der Waals surface area contributed by atoms with Crippen LogP contribution in [0.2, 0.25) is 0 Å². The molecule has 3 atom stereocenters. The molecule has 2 fully saturated rings. The summed E-state index contributed by atoms with van der Waals surface area (Å²) in [6.45, 7) is 8.90. The Kier molecular flexibility index (Phi) is 5.02. The van der Waals surface area contributed by atoms with Gasteiger partial charge in [-0.2, -0.15) is 5.10 Å². The van der Waals surface area contributed by atoms with Crippen LogP contribution in [0.5, 0.6) is 0 Å². The predicted octanol–water partition coefficient (Wildman–Crippen LogP) is 2.61. The fourth-order valence-corrected chi connectivity index (χ4v) is 4.18. The molecule has 2 aromatic rings. The quantitative estimate of drug-likeness (QED) is 0.870. The highest BCUT2D eigenvalue weighted by molar-refractivity contribution is 6.01. The number of amides is 1. The molecule has 0 spiro atoms. The van der Waals surface area contributed by atoms with Crippen molar-refractivity contribution in [1.29, 1.82) is 0 Å². The summed E-state index contributed by atoms with van der Waals surface area (Å²) >= 11 is 0. The number of hydrogen-bond donors (Lipinski definition) is 2. The lowest BCUT2D eigenvalue weighted by atomic mass is 10.0. The first-order valence-corrected chi connectivity index (χ1v) is 9.80. The van der Waals surface area contributed by atoms with Gasteiger partial charge >= 0.3 is 0 Å². The summed E-state index contributed by atoms with van der Waals surface area (Å²) in [5, 5.41) is 10.6. The average molecular weight is 368 g/mol. The van der Waals surface area contributed by atoms with Gasteiger partial charge in [0.1, 0.15) is 5.69 Å². The van der Waals surface area contributed by atoms with Crippen molar-refractivity contribution in [2.24, 2.45) is 5.92 Å². The molecule has 0 radical (unpaired) electrons. The van der Waals surface area contributed by atoms with E-state index in [4.69, 9.17) is 4.74 Å². The maximum absolute atomic E-state index is 13.0. The van der Waals surface area contributed by atoms with Crippen LogP contribution in [0, 0.1) is 12.8 Å². The molecular weight excluding hydrogens is 340 g/mol. The second kappa shape index (κ2) is 7.44. The van der Waals surface area contributed by atoms with Crippen molar-refractivity contribution in [3.63, 3.8) is 0 Å². The zero-order valence-electron chi connectivity index (χ0n) is 16.2. The van der Waals surface area contributed by atoms with Crippen LogP contribution in [0.25, 0.3) is 11.3 Å². The predicted molar refractivity (Wildman–Crippen MR) is 105 cm³/mol. The van der Waals surface area contributed by atoms with Crippen LogP contribution in [-0.2, 0) is 4.74 Å². The zero-order valence-corrected chi connectivity index (χ0v) is 16.2.